The number of ether oxygens (including phenoxy) is 3. The predicted octanol–water partition coefficient (Wildman–Crippen LogP) is 7.94. The van der Waals surface area contributed by atoms with E-state index in [0.29, 0.717) is 47.3 Å². The maximum absolute atomic E-state index is 13.6. The second-order valence-corrected chi connectivity index (χ2v) is 12.9. The number of amides is 1. The number of hydrogen-bond donors (Lipinski definition) is 1. The lowest BCUT2D eigenvalue weighted by molar-refractivity contribution is -0.143. The van der Waals surface area contributed by atoms with E-state index in [4.69, 9.17) is 19.2 Å². The van der Waals surface area contributed by atoms with Gasteiger partial charge < -0.3 is 24.2 Å². The van der Waals surface area contributed by atoms with Crippen LogP contribution in [-0.4, -0.2) is 60.7 Å². The number of aliphatic hydroxyl groups is 1. The molecule has 0 spiro atoms. The number of aliphatic hydroxyl groups excluding tert-OH is 1. The number of cyclic esters (lactones) is 1. The Morgan fingerprint density at radius 3 is 2.18 bits per heavy atom. The largest absolute Gasteiger partial charge is 0.496 e. The standard InChI is InChI=1S/C35H37F6N3O5/c1-19-32(23-14-24(34(36,37)38)17-25(15-23)35(39,40)41)49-33(46)44(19)18-28-26(6-8-30(42-28)43-9-4-10-43)27-16-21(5-7-29(27)47-2)22-11-20(12-22)13-31(45)48-3/h5-8,14-17,19-20,22,31-32,45H,4,9-13,18H2,1-3H3/t19-,20?,22?,31?,32-/m0/s1. The van der Waals surface area contributed by atoms with Crippen LogP contribution in [0.3, 0.4) is 0 Å². The van der Waals surface area contributed by atoms with E-state index in [1.165, 1.54) is 18.9 Å². The Kier molecular flexibility index (Phi) is 9.48. The van der Waals surface area contributed by atoms with Crippen molar-refractivity contribution in [2.75, 3.05) is 32.2 Å². The first-order valence-electron chi connectivity index (χ1n) is 16.1. The monoisotopic (exact) mass is 693 g/mol. The average Bonchev–Trinajstić information content (AvgIpc) is 3.29. The molecule has 0 radical (unpaired) electrons. The lowest BCUT2D eigenvalue weighted by Gasteiger charge is -2.37. The number of alkyl halides is 6. The molecule has 2 aliphatic heterocycles. The van der Waals surface area contributed by atoms with Crippen molar-refractivity contribution in [2.45, 2.75) is 75.9 Å². The van der Waals surface area contributed by atoms with E-state index in [-0.39, 0.29) is 18.5 Å². The number of carbonyl (C=O) groups is 1. The molecule has 2 aromatic carbocycles. The number of anilines is 1. The first-order valence-corrected chi connectivity index (χ1v) is 16.1. The van der Waals surface area contributed by atoms with Crippen LogP contribution in [0.15, 0.2) is 48.5 Å². The molecule has 3 fully saturated rings. The molecule has 264 valence electrons. The summed E-state index contributed by atoms with van der Waals surface area (Å²) in [5.41, 5.74) is -0.443. The zero-order valence-corrected chi connectivity index (χ0v) is 27.1. The van der Waals surface area contributed by atoms with Crippen molar-refractivity contribution in [1.29, 1.82) is 0 Å². The van der Waals surface area contributed by atoms with Crippen molar-refractivity contribution < 1.29 is 50.5 Å². The normalized spacial score (nSPS) is 23.2. The van der Waals surface area contributed by atoms with Crippen LogP contribution in [0.5, 0.6) is 5.75 Å². The molecule has 3 aromatic rings. The SMILES string of the molecule is COc1ccc(C2CC(CC(O)OC)C2)cc1-c1ccc(N2CCC2)nc1CN1C(=O)O[C@H](c2cc(C(F)(F)F)cc(C(F)(F)F)c2)[C@@H]1C. The fourth-order valence-corrected chi connectivity index (χ4v) is 6.81. The molecule has 8 nitrogen and oxygen atoms in total. The van der Waals surface area contributed by atoms with Crippen LogP contribution >= 0.6 is 0 Å². The molecule has 2 saturated heterocycles. The highest BCUT2D eigenvalue weighted by atomic mass is 19.4. The molecule has 49 heavy (non-hydrogen) atoms. The van der Waals surface area contributed by atoms with Gasteiger partial charge in [0.25, 0.3) is 0 Å². The summed E-state index contributed by atoms with van der Waals surface area (Å²) in [5, 5.41) is 9.87. The fraction of sp³-hybridized carbons (Fsp3) is 0.486. The molecule has 1 aromatic heterocycles. The van der Waals surface area contributed by atoms with Crippen LogP contribution in [0.2, 0.25) is 0 Å². The van der Waals surface area contributed by atoms with Crippen LogP contribution in [0.1, 0.15) is 72.6 Å². The number of hydrogen-bond acceptors (Lipinski definition) is 7. The zero-order valence-electron chi connectivity index (χ0n) is 27.1. The molecular formula is C35H37F6N3O5. The highest BCUT2D eigenvalue weighted by Gasteiger charge is 2.44. The summed E-state index contributed by atoms with van der Waals surface area (Å²) in [6.07, 6.45) is -9.89. The van der Waals surface area contributed by atoms with Gasteiger partial charge in [-0.25, -0.2) is 9.78 Å². The number of benzene rings is 2. The van der Waals surface area contributed by atoms with Gasteiger partial charge in [0.15, 0.2) is 6.29 Å². The van der Waals surface area contributed by atoms with Crippen molar-refractivity contribution in [3.63, 3.8) is 0 Å². The number of aromatic nitrogens is 1. The van der Waals surface area contributed by atoms with E-state index >= 15 is 0 Å². The number of nitrogens with zero attached hydrogens (tertiary/aromatic N) is 3. The van der Waals surface area contributed by atoms with Crippen LogP contribution in [0.4, 0.5) is 37.0 Å². The molecule has 1 N–H and O–H groups in total. The maximum atomic E-state index is 13.6. The Labute approximate surface area is 279 Å². The first-order chi connectivity index (χ1) is 23.2. The van der Waals surface area contributed by atoms with E-state index in [1.54, 1.807) is 7.11 Å². The molecule has 1 amide bonds. The quantitative estimate of drug-likeness (QED) is 0.171. The van der Waals surface area contributed by atoms with Gasteiger partial charge in [-0.1, -0.05) is 6.07 Å². The van der Waals surface area contributed by atoms with E-state index in [9.17, 15) is 36.2 Å². The van der Waals surface area contributed by atoms with Crippen molar-refractivity contribution in [1.82, 2.24) is 9.88 Å². The third-order valence-corrected chi connectivity index (χ3v) is 9.82. The van der Waals surface area contributed by atoms with Gasteiger partial charge in [0, 0.05) is 37.7 Å². The lowest BCUT2D eigenvalue weighted by atomic mass is 9.69. The molecule has 3 heterocycles. The maximum Gasteiger partial charge on any atom is 0.416 e. The summed E-state index contributed by atoms with van der Waals surface area (Å²) in [4.78, 5) is 21.5. The van der Waals surface area contributed by atoms with Gasteiger partial charge in [-0.2, -0.15) is 26.3 Å². The number of pyridine rings is 1. The first kappa shape index (κ1) is 34.8. The topological polar surface area (TPSA) is 84.4 Å². The molecule has 1 aliphatic carbocycles. The van der Waals surface area contributed by atoms with Crippen LogP contribution < -0.4 is 9.64 Å². The Morgan fingerprint density at radius 1 is 0.939 bits per heavy atom. The van der Waals surface area contributed by atoms with Crippen LogP contribution in [0, 0.1) is 5.92 Å². The van der Waals surface area contributed by atoms with E-state index in [0.717, 1.165) is 43.5 Å². The minimum Gasteiger partial charge on any atom is -0.496 e. The number of carbonyl (C=O) groups excluding carboxylic acids is 1. The summed E-state index contributed by atoms with van der Waals surface area (Å²) >= 11 is 0. The smallest absolute Gasteiger partial charge is 0.416 e. The van der Waals surface area contributed by atoms with E-state index in [2.05, 4.69) is 4.90 Å². The van der Waals surface area contributed by atoms with E-state index < -0.39 is 53.6 Å². The van der Waals surface area contributed by atoms with Crippen molar-refractivity contribution in [3.05, 3.63) is 76.5 Å². The molecule has 1 unspecified atom stereocenters. The van der Waals surface area contributed by atoms with Gasteiger partial charge in [-0.05, 0) is 91.6 Å². The van der Waals surface area contributed by atoms with Crippen molar-refractivity contribution >= 4 is 11.9 Å². The van der Waals surface area contributed by atoms with Gasteiger partial charge in [0.1, 0.15) is 17.7 Å². The number of halogens is 6. The minimum atomic E-state index is -5.04. The second kappa shape index (κ2) is 13.3. The Hall–Kier alpha value is -4.04. The predicted molar refractivity (Wildman–Crippen MR) is 167 cm³/mol. The second-order valence-electron chi connectivity index (χ2n) is 12.9. The highest BCUT2D eigenvalue weighted by molar-refractivity contribution is 5.76. The van der Waals surface area contributed by atoms with E-state index in [1.807, 2.05) is 30.3 Å². The highest BCUT2D eigenvalue weighted by Crippen LogP contribution is 2.47. The minimum absolute atomic E-state index is 0.0500. The van der Waals surface area contributed by atoms with Gasteiger partial charge in [0.2, 0.25) is 0 Å². The molecule has 14 heteroatoms. The Morgan fingerprint density at radius 2 is 1.61 bits per heavy atom. The molecule has 3 aliphatic rings. The Balaban J connectivity index is 1.33. The average molecular weight is 694 g/mol. The summed E-state index contributed by atoms with van der Waals surface area (Å²) in [6, 6.07) is 9.96. The zero-order chi connectivity index (χ0) is 35.2. The third-order valence-electron chi connectivity index (χ3n) is 9.82. The fourth-order valence-electron chi connectivity index (χ4n) is 6.81. The van der Waals surface area contributed by atoms with Crippen molar-refractivity contribution in [3.8, 4) is 16.9 Å². The Bertz CT molecular complexity index is 1660. The number of methoxy groups -OCH3 is 2. The van der Waals surface area contributed by atoms with Crippen molar-refractivity contribution in [2.24, 2.45) is 5.92 Å². The summed E-state index contributed by atoms with van der Waals surface area (Å²) in [7, 11) is 3.01. The molecule has 6 rings (SSSR count). The van der Waals surface area contributed by atoms with Gasteiger partial charge in [-0.3, -0.25) is 4.90 Å². The lowest BCUT2D eigenvalue weighted by Crippen LogP contribution is -2.38. The van der Waals surface area contributed by atoms with Gasteiger partial charge in [0.05, 0.1) is 36.5 Å². The molecule has 3 atom stereocenters. The van der Waals surface area contributed by atoms with Crippen LogP contribution in [0.25, 0.3) is 11.1 Å². The summed E-state index contributed by atoms with van der Waals surface area (Å²) in [6.45, 7) is 3.00. The third kappa shape index (κ3) is 7.16. The molecule has 0 bridgehead atoms. The van der Waals surface area contributed by atoms with Gasteiger partial charge >= 0.3 is 18.4 Å². The summed E-state index contributed by atoms with van der Waals surface area (Å²) < 4.78 is 98.0. The van der Waals surface area contributed by atoms with Crippen LogP contribution in [-0.2, 0) is 28.4 Å². The van der Waals surface area contributed by atoms with Gasteiger partial charge in [-0.15, -0.1) is 0 Å². The molecular weight excluding hydrogens is 656 g/mol. The summed E-state index contributed by atoms with van der Waals surface area (Å²) in [5.74, 6) is 1.81. The molecule has 1 saturated carbocycles. The number of rotatable bonds is 10.